The summed E-state index contributed by atoms with van der Waals surface area (Å²) in [5.41, 5.74) is 3.49. The van der Waals surface area contributed by atoms with Crippen molar-refractivity contribution in [3.8, 4) is 5.75 Å². The quantitative estimate of drug-likeness (QED) is 0.458. The van der Waals surface area contributed by atoms with Crippen molar-refractivity contribution in [2.45, 2.75) is 63.1 Å². The number of sulfonamides is 1. The molecule has 0 aromatic heterocycles. The molecule has 0 radical (unpaired) electrons. The van der Waals surface area contributed by atoms with E-state index in [9.17, 15) is 13.2 Å². The highest BCUT2D eigenvalue weighted by Crippen LogP contribution is 2.40. The summed E-state index contributed by atoms with van der Waals surface area (Å²) in [5, 5.41) is 3.01. The van der Waals surface area contributed by atoms with Gasteiger partial charge in [0.2, 0.25) is 0 Å². The molecule has 0 unspecified atom stereocenters. The standard InChI is InChI=1S/C31H37N3O4S/c1-31(2,3)25-15-16-28-27(19-25)34(39(36,37)26-13-5-4-6-14-26)22-29(38-28)30(35)32-20-23-11-7-8-12-24(23)21-33-17-9-10-18-33/h4-8,11-16,19,29H,9-10,17-18,20-22H2,1-3H3,(H,32,35)/t29-/m0/s1. The minimum Gasteiger partial charge on any atom is -0.476 e. The lowest BCUT2D eigenvalue weighted by Gasteiger charge is -2.36. The Hall–Kier alpha value is -3.36. The van der Waals surface area contributed by atoms with Gasteiger partial charge in [-0.05, 0) is 72.3 Å². The van der Waals surface area contributed by atoms with Crippen LogP contribution in [-0.2, 0) is 33.3 Å². The lowest BCUT2D eigenvalue weighted by Crippen LogP contribution is -2.50. The Labute approximate surface area is 231 Å². The van der Waals surface area contributed by atoms with Crippen molar-refractivity contribution < 1.29 is 17.9 Å². The zero-order valence-electron chi connectivity index (χ0n) is 22.9. The smallest absolute Gasteiger partial charge is 0.264 e. The van der Waals surface area contributed by atoms with E-state index < -0.39 is 16.1 Å². The molecule has 3 aromatic rings. The Morgan fingerprint density at radius 3 is 2.31 bits per heavy atom. The van der Waals surface area contributed by atoms with Gasteiger partial charge in [0, 0.05) is 13.1 Å². The van der Waals surface area contributed by atoms with Gasteiger partial charge in [-0.3, -0.25) is 14.0 Å². The summed E-state index contributed by atoms with van der Waals surface area (Å²) in [6, 6.07) is 22.0. The highest BCUT2D eigenvalue weighted by atomic mass is 32.2. The Morgan fingerprint density at radius 2 is 1.62 bits per heavy atom. The number of benzene rings is 3. The summed E-state index contributed by atoms with van der Waals surface area (Å²) < 4.78 is 35.0. The summed E-state index contributed by atoms with van der Waals surface area (Å²) in [7, 11) is -3.92. The van der Waals surface area contributed by atoms with Crippen molar-refractivity contribution in [1.29, 1.82) is 0 Å². The van der Waals surface area contributed by atoms with Crippen LogP contribution < -0.4 is 14.4 Å². The predicted octanol–water partition coefficient (Wildman–Crippen LogP) is 4.85. The van der Waals surface area contributed by atoms with Crippen LogP contribution in [0.1, 0.15) is 50.3 Å². The lowest BCUT2D eigenvalue weighted by atomic mass is 9.86. The molecule has 206 valence electrons. The van der Waals surface area contributed by atoms with Crippen molar-refractivity contribution in [2.75, 3.05) is 23.9 Å². The van der Waals surface area contributed by atoms with Gasteiger partial charge in [0.1, 0.15) is 5.75 Å². The molecule has 8 heteroatoms. The molecule has 3 aromatic carbocycles. The molecular formula is C31H37N3O4S. The molecule has 39 heavy (non-hydrogen) atoms. The van der Waals surface area contributed by atoms with E-state index in [4.69, 9.17) is 4.74 Å². The first kappa shape index (κ1) is 27.2. The van der Waals surface area contributed by atoms with Gasteiger partial charge >= 0.3 is 0 Å². The predicted molar refractivity (Wildman–Crippen MR) is 153 cm³/mol. The average Bonchev–Trinajstić information content (AvgIpc) is 3.44. The number of nitrogens with one attached hydrogen (secondary N) is 1. The van der Waals surface area contributed by atoms with Crippen molar-refractivity contribution in [3.63, 3.8) is 0 Å². The number of carbonyl (C=O) groups excluding carboxylic acids is 1. The van der Waals surface area contributed by atoms with Crippen LogP contribution >= 0.6 is 0 Å². The molecule has 1 N–H and O–H groups in total. The largest absolute Gasteiger partial charge is 0.476 e. The number of likely N-dealkylation sites (tertiary alicyclic amines) is 1. The molecule has 2 aliphatic rings. The van der Waals surface area contributed by atoms with E-state index >= 15 is 0 Å². The van der Waals surface area contributed by atoms with Crippen molar-refractivity contribution in [3.05, 3.63) is 89.5 Å². The third-order valence-electron chi connectivity index (χ3n) is 7.48. The maximum atomic E-state index is 13.8. The van der Waals surface area contributed by atoms with Crippen LogP contribution in [-0.4, -0.2) is 45.0 Å². The number of hydrogen-bond acceptors (Lipinski definition) is 5. The van der Waals surface area contributed by atoms with E-state index in [1.54, 1.807) is 36.4 Å². The highest BCUT2D eigenvalue weighted by Gasteiger charge is 2.38. The van der Waals surface area contributed by atoms with Gasteiger partial charge in [-0.15, -0.1) is 0 Å². The molecule has 5 rings (SSSR count). The number of nitrogens with zero attached hydrogens (tertiary/aromatic N) is 2. The number of rotatable bonds is 7. The van der Waals surface area contributed by atoms with Crippen LogP contribution in [0.5, 0.6) is 5.75 Å². The molecule has 0 saturated carbocycles. The summed E-state index contributed by atoms with van der Waals surface area (Å²) in [6.07, 6.45) is 1.46. The molecule has 2 heterocycles. The molecule has 2 aliphatic heterocycles. The van der Waals surface area contributed by atoms with Gasteiger partial charge in [-0.2, -0.15) is 0 Å². The van der Waals surface area contributed by atoms with Crippen LogP contribution in [0.15, 0.2) is 77.7 Å². The van der Waals surface area contributed by atoms with E-state index in [1.165, 1.54) is 22.7 Å². The molecule has 0 bridgehead atoms. The summed E-state index contributed by atoms with van der Waals surface area (Å²) in [5.74, 6) is 0.0353. The fourth-order valence-corrected chi connectivity index (χ4v) is 6.65. The van der Waals surface area contributed by atoms with E-state index in [0.29, 0.717) is 18.0 Å². The molecule has 1 amide bonds. The van der Waals surface area contributed by atoms with Gasteiger partial charge in [0.25, 0.3) is 15.9 Å². The van der Waals surface area contributed by atoms with Gasteiger partial charge in [-0.25, -0.2) is 8.42 Å². The second kappa shape index (κ2) is 11.0. The number of fused-ring (bicyclic) bond motifs is 1. The minimum atomic E-state index is -3.92. The van der Waals surface area contributed by atoms with Gasteiger partial charge < -0.3 is 10.1 Å². The Kier molecular flexibility index (Phi) is 7.69. The van der Waals surface area contributed by atoms with Crippen LogP contribution in [0.4, 0.5) is 5.69 Å². The third-order valence-corrected chi connectivity index (χ3v) is 9.28. The van der Waals surface area contributed by atoms with E-state index in [-0.39, 0.29) is 22.8 Å². The molecular weight excluding hydrogens is 510 g/mol. The molecule has 1 atom stereocenters. The molecule has 7 nitrogen and oxygen atoms in total. The number of anilines is 1. The van der Waals surface area contributed by atoms with Crippen molar-refractivity contribution in [2.24, 2.45) is 0 Å². The maximum Gasteiger partial charge on any atom is 0.264 e. The average molecular weight is 548 g/mol. The zero-order valence-corrected chi connectivity index (χ0v) is 23.7. The van der Waals surface area contributed by atoms with E-state index in [0.717, 1.165) is 30.8 Å². The maximum absolute atomic E-state index is 13.8. The first-order chi connectivity index (χ1) is 18.6. The van der Waals surface area contributed by atoms with Gasteiger partial charge in [0.15, 0.2) is 6.10 Å². The minimum absolute atomic E-state index is 0.112. The lowest BCUT2D eigenvalue weighted by molar-refractivity contribution is -0.127. The Morgan fingerprint density at radius 1 is 0.949 bits per heavy atom. The first-order valence-electron chi connectivity index (χ1n) is 13.6. The monoisotopic (exact) mass is 547 g/mol. The van der Waals surface area contributed by atoms with Gasteiger partial charge in [0.05, 0.1) is 17.1 Å². The number of hydrogen-bond donors (Lipinski definition) is 1. The van der Waals surface area contributed by atoms with Crippen molar-refractivity contribution >= 4 is 21.6 Å². The number of ether oxygens (including phenoxy) is 1. The second-order valence-electron chi connectivity index (χ2n) is 11.4. The molecule has 1 saturated heterocycles. The Bertz CT molecular complexity index is 1430. The van der Waals surface area contributed by atoms with E-state index in [1.807, 2.05) is 30.3 Å². The topological polar surface area (TPSA) is 79.0 Å². The van der Waals surface area contributed by atoms with Crippen LogP contribution in [0.3, 0.4) is 0 Å². The SMILES string of the molecule is CC(C)(C)c1ccc2c(c1)N(S(=O)(=O)c1ccccc1)C[C@@H](C(=O)NCc1ccccc1CN1CCCC1)O2. The molecule has 1 fully saturated rings. The summed E-state index contributed by atoms with van der Waals surface area (Å²) in [4.78, 5) is 16.0. The van der Waals surface area contributed by atoms with Crippen LogP contribution in [0.25, 0.3) is 0 Å². The number of carbonyl (C=O) groups is 1. The normalized spacial score (nSPS) is 17.9. The summed E-state index contributed by atoms with van der Waals surface area (Å²) in [6.45, 7) is 9.52. The Balaban J connectivity index is 1.39. The van der Waals surface area contributed by atoms with Crippen LogP contribution in [0.2, 0.25) is 0 Å². The second-order valence-corrected chi connectivity index (χ2v) is 13.2. The van der Waals surface area contributed by atoms with Gasteiger partial charge in [-0.1, -0.05) is 69.3 Å². The molecule has 0 spiro atoms. The first-order valence-corrected chi connectivity index (χ1v) is 15.0. The van der Waals surface area contributed by atoms with E-state index in [2.05, 4.69) is 37.1 Å². The summed E-state index contributed by atoms with van der Waals surface area (Å²) >= 11 is 0. The molecule has 0 aliphatic carbocycles. The number of amides is 1. The highest BCUT2D eigenvalue weighted by molar-refractivity contribution is 7.92. The zero-order chi connectivity index (χ0) is 27.6. The van der Waals surface area contributed by atoms with Crippen molar-refractivity contribution in [1.82, 2.24) is 10.2 Å². The fraction of sp³-hybridized carbons (Fsp3) is 0.387. The van der Waals surface area contributed by atoms with Crippen LogP contribution in [0, 0.1) is 0 Å². The third kappa shape index (κ3) is 5.97. The fourth-order valence-electron chi connectivity index (χ4n) is 5.16.